The number of para-hydroxylation sites is 1. The lowest BCUT2D eigenvalue weighted by Gasteiger charge is -2.03. The summed E-state index contributed by atoms with van der Waals surface area (Å²) < 4.78 is 38.2. The second-order valence-electron chi connectivity index (χ2n) is 2.35. The van der Waals surface area contributed by atoms with Gasteiger partial charge in [-0.2, -0.15) is 8.42 Å². The van der Waals surface area contributed by atoms with E-state index >= 15 is 0 Å². The zero-order valence-corrected chi connectivity index (χ0v) is 7.63. The van der Waals surface area contributed by atoms with E-state index in [2.05, 4.69) is 4.18 Å². The second kappa shape index (κ2) is 4.23. The van der Waals surface area contributed by atoms with Gasteiger partial charge in [0.25, 0.3) is 0 Å². The number of hydrogen-bond acceptors (Lipinski definition) is 3. The lowest BCUT2D eigenvalue weighted by atomic mass is 10.3. The van der Waals surface area contributed by atoms with Crippen LogP contribution in [0.5, 0.6) is 5.75 Å². The first-order valence-corrected chi connectivity index (χ1v) is 5.25. The third kappa shape index (κ3) is 3.42. The van der Waals surface area contributed by atoms with Gasteiger partial charge in [0.2, 0.25) is 0 Å². The molecule has 1 rings (SSSR count). The standard InChI is InChI=1S/C8H9FO3S/c9-6-7-13(10,11)12-8-4-2-1-3-5-8/h1-5H,6-7H2. The van der Waals surface area contributed by atoms with Crippen LogP contribution in [0.4, 0.5) is 4.39 Å². The highest BCUT2D eigenvalue weighted by atomic mass is 32.2. The van der Waals surface area contributed by atoms with E-state index in [-0.39, 0.29) is 5.75 Å². The summed E-state index contributed by atoms with van der Waals surface area (Å²) in [6, 6.07) is 8.00. The van der Waals surface area contributed by atoms with Crippen LogP contribution in [0.3, 0.4) is 0 Å². The average Bonchev–Trinajstić information content (AvgIpc) is 2.04. The fourth-order valence-electron chi connectivity index (χ4n) is 0.759. The molecule has 0 aliphatic heterocycles. The summed E-state index contributed by atoms with van der Waals surface area (Å²) in [5.74, 6) is -0.405. The summed E-state index contributed by atoms with van der Waals surface area (Å²) in [7, 11) is -3.76. The maximum atomic E-state index is 11.7. The summed E-state index contributed by atoms with van der Waals surface area (Å²) in [5, 5.41) is 0. The maximum absolute atomic E-state index is 11.7. The van der Waals surface area contributed by atoms with Crippen molar-refractivity contribution in [2.75, 3.05) is 12.4 Å². The molecule has 0 N–H and O–H groups in total. The third-order valence-electron chi connectivity index (χ3n) is 1.29. The van der Waals surface area contributed by atoms with Gasteiger partial charge >= 0.3 is 10.1 Å². The van der Waals surface area contributed by atoms with E-state index in [9.17, 15) is 12.8 Å². The molecule has 13 heavy (non-hydrogen) atoms. The topological polar surface area (TPSA) is 43.4 Å². The number of hydrogen-bond donors (Lipinski definition) is 0. The van der Waals surface area contributed by atoms with Crippen molar-refractivity contribution in [2.45, 2.75) is 0 Å². The molecule has 0 heterocycles. The molecule has 1 aromatic carbocycles. The fraction of sp³-hybridized carbons (Fsp3) is 0.250. The van der Waals surface area contributed by atoms with Gasteiger partial charge in [-0.15, -0.1) is 0 Å². The van der Waals surface area contributed by atoms with Crippen LogP contribution in [0.1, 0.15) is 0 Å². The van der Waals surface area contributed by atoms with Gasteiger partial charge in [-0.05, 0) is 12.1 Å². The molecule has 0 atom stereocenters. The van der Waals surface area contributed by atoms with Crippen molar-refractivity contribution in [1.82, 2.24) is 0 Å². The Morgan fingerprint density at radius 2 is 1.85 bits per heavy atom. The summed E-state index contributed by atoms with van der Waals surface area (Å²) in [6.07, 6.45) is 0. The van der Waals surface area contributed by atoms with Crippen molar-refractivity contribution in [3.8, 4) is 5.75 Å². The Labute approximate surface area is 76.3 Å². The molecule has 0 aliphatic carbocycles. The lowest BCUT2D eigenvalue weighted by Crippen LogP contribution is -2.14. The third-order valence-corrected chi connectivity index (χ3v) is 2.39. The molecule has 0 unspecified atom stereocenters. The van der Waals surface area contributed by atoms with Crippen LogP contribution < -0.4 is 4.18 Å². The lowest BCUT2D eigenvalue weighted by molar-refractivity contribution is 0.464. The Bertz CT molecular complexity index is 347. The number of alkyl halides is 1. The number of rotatable bonds is 4. The molecular formula is C8H9FO3S. The molecule has 0 radical (unpaired) electrons. The largest absolute Gasteiger partial charge is 0.382 e. The Kier molecular flexibility index (Phi) is 3.25. The van der Waals surface area contributed by atoms with Crippen LogP contribution in [0.15, 0.2) is 30.3 Å². The van der Waals surface area contributed by atoms with E-state index in [1.807, 2.05) is 0 Å². The van der Waals surface area contributed by atoms with E-state index in [0.29, 0.717) is 0 Å². The van der Waals surface area contributed by atoms with Gasteiger partial charge in [0, 0.05) is 0 Å². The van der Waals surface area contributed by atoms with Gasteiger partial charge < -0.3 is 4.18 Å². The molecule has 5 heteroatoms. The molecule has 0 bridgehead atoms. The van der Waals surface area contributed by atoms with Gasteiger partial charge in [-0.3, -0.25) is 0 Å². The van der Waals surface area contributed by atoms with Crippen LogP contribution in [-0.4, -0.2) is 20.8 Å². The number of benzene rings is 1. The average molecular weight is 204 g/mol. The van der Waals surface area contributed by atoms with Gasteiger partial charge in [0.15, 0.2) is 0 Å². The first-order chi connectivity index (χ1) is 6.14. The monoisotopic (exact) mass is 204 g/mol. The molecule has 3 nitrogen and oxygen atoms in total. The Balaban J connectivity index is 2.70. The molecule has 72 valence electrons. The highest BCUT2D eigenvalue weighted by Crippen LogP contribution is 2.11. The first-order valence-electron chi connectivity index (χ1n) is 3.67. The van der Waals surface area contributed by atoms with Gasteiger partial charge in [0.1, 0.15) is 18.2 Å². The van der Waals surface area contributed by atoms with Crippen molar-refractivity contribution in [2.24, 2.45) is 0 Å². The van der Waals surface area contributed by atoms with Crippen molar-refractivity contribution in [3.05, 3.63) is 30.3 Å². The van der Waals surface area contributed by atoms with Crippen LogP contribution in [0.2, 0.25) is 0 Å². The fourth-order valence-corrected chi connectivity index (χ4v) is 1.44. The maximum Gasteiger partial charge on any atom is 0.311 e. The zero-order valence-electron chi connectivity index (χ0n) is 6.81. The van der Waals surface area contributed by atoms with E-state index < -0.39 is 22.5 Å². The van der Waals surface area contributed by atoms with Gasteiger partial charge in [-0.1, -0.05) is 18.2 Å². The molecule has 0 saturated heterocycles. The molecule has 0 aromatic heterocycles. The van der Waals surface area contributed by atoms with Crippen LogP contribution in [0.25, 0.3) is 0 Å². The van der Waals surface area contributed by atoms with Crippen molar-refractivity contribution >= 4 is 10.1 Å². The van der Waals surface area contributed by atoms with Crippen molar-refractivity contribution < 1.29 is 17.0 Å². The second-order valence-corrected chi connectivity index (χ2v) is 4.04. The van der Waals surface area contributed by atoms with E-state index in [0.717, 1.165) is 0 Å². The van der Waals surface area contributed by atoms with Crippen LogP contribution >= 0.6 is 0 Å². The first kappa shape index (κ1) is 9.98. The smallest absolute Gasteiger partial charge is 0.311 e. The summed E-state index contributed by atoms with van der Waals surface area (Å²) >= 11 is 0. The predicted octanol–water partition coefficient (Wildman–Crippen LogP) is 1.36. The zero-order chi connectivity index (χ0) is 9.73. The predicted molar refractivity (Wildman–Crippen MR) is 46.8 cm³/mol. The number of halogens is 1. The quantitative estimate of drug-likeness (QED) is 0.695. The molecule has 0 aliphatic rings. The summed E-state index contributed by atoms with van der Waals surface area (Å²) in [5.41, 5.74) is 0. The van der Waals surface area contributed by atoms with Crippen molar-refractivity contribution in [3.63, 3.8) is 0 Å². The molecule has 0 spiro atoms. The normalized spacial score (nSPS) is 11.2. The Morgan fingerprint density at radius 3 is 2.38 bits per heavy atom. The highest BCUT2D eigenvalue weighted by molar-refractivity contribution is 7.87. The van der Waals surface area contributed by atoms with Crippen LogP contribution in [0, 0.1) is 0 Å². The SMILES string of the molecule is O=S(=O)(CCF)Oc1ccccc1. The molecule has 0 amide bonds. The van der Waals surface area contributed by atoms with E-state index in [4.69, 9.17) is 0 Å². The molecular weight excluding hydrogens is 195 g/mol. The van der Waals surface area contributed by atoms with E-state index in [1.54, 1.807) is 18.2 Å². The minimum absolute atomic E-state index is 0.205. The molecule has 0 saturated carbocycles. The highest BCUT2D eigenvalue weighted by Gasteiger charge is 2.11. The van der Waals surface area contributed by atoms with Gasteiger partial charge in [-0.25, -0.2) is 4.39 Å². The minimum Gasteiger partial charge on any atom is -0.382 e. The van der Waals surface area contributed by atoms with Crippen LogP contribution in [-0.2, 0) is 10.1 Å². The minimum atomic E-state index is -3.76. The summed E-state index contributed by atoms with van der Waals surface area (Å²) in [4.78, 5) is 0. The molecule has 0 fully saturated rings. The van der Waals surface area contributed by atoms with Gasteiger partial charge in [0.05, 0.1) is 0 Å². The Morgan fingerprint density at radius 1 is 1.23 bits per heavy atom. The summed E-state index contributed by atoms with van der Waals surface area (Å²) in [6.45, 7) is -0.935. The van der Waals surface area contributed by atoms with Crippen molar-refractivity contribution in [1.29, 1.82) is 0 Å². The molecule has 1 aromatic rings. The van der Waals surface area contributed by atoms with E-state index in [1.165, 1.54) is 12.1 Å². The Hall–Kier alpha value is -1.10.